The number of nitrogens with one attached hydrogen (secondary N) is 1. The van der Waals surface area contributed by atoms with Crippen LogP contribution in [-0.2, 0) is 4.79 Å². The van der Waals surface area contributed by atoms with Crippen LogP contribution in [0.5, 0.6) is 0 Å². The van der Waals surface area contributed by atoms with Crippen LogP contribution in [0.2, 0.25) is 0 Å². The topological polar surface area (TPSA) is 40.9 Å². The van der Waals surface area contributed by atoms with Crippen LogP contribution in [0.1, 0.15) is 6.92 Å². The van der Waals surface area contributed by atoms with E-state index in [-0.39, 0.29) is 5.78 Å². The van der Waals surface area contributed by atoms with Gasteiger partial charge in [-0.25, -0.2) is 4.79 Å². The summed E-state index contributed by atoms with van der Waals surface area (Å²) in [6, 6.07) is 0. The van der Waals surface area contributed by atoms with E-state index < -0.39 is 0 Å². The first-order valence-electron chi connectivity index (χ1n) is 1.61. The molecule has 0 rings (SSSR count). The first-order chi connectivity index (χ1) is 2.77. The predicted molar refractivity (Wildman–Crippen MR) is 23.8 cm³/mol. The molecule has 0 aliphatic carbocycles. The molecule has 0 bridgehead atoms. The number of Topliss-reactive ketones (excluding diaryl/α,β-unsaturated/α-hetero) is 1. The summed E-state index contributed by atoms with van der Waals surface area (Å²) in [6.07, 6.45) is 2.17. The van der Waals surface area contributed by atoms with Gasteiger partial charge in [0.25, 0.3) is 0 Å². The molecular formula is C4H6NO+. The molecule has 0 aromatic heterocycles. The smallest absolute Gasteiger partial charge is 0.267 e. The van der Waals surface area contributed by atoms with Crippen molar-refractivity contribution in [1.82, 2.24) is 0 Å². The molecule has 0 atom stereocenters. The summed E-state index contributed by atoms with van der Waals surface area (Å²) in [6.45, 7) is 1.41. The number of ketones is 1. The number of carbonyl (C=O) groups is 1. The molecule has 0 amide bonds. The van der Waals surface area contributed by atoms with Crippen LogP contribution < -0.4 is 0 Å². The van der Waals surface area contributed by atoms with Gasteiger partial charge in [0, 0.05) is 6.92 Å². The molecule has 1 N–H and O–H groups in total. The van der Waals surface area contributed by atoms with Crippen molar-refractivity contribution in [3.8, 4) is 0 Å². The second-order valence-corrected chi connectivity index (χ2v) is 0.944. The van der Waals surface area contributed by atoms with Crippen molar-refractivity contribution < 1.29 is 4.79 Å². The molecule has 6 heavy (non-hydrogen) atoms. The Morgan fingerprint density at radius 1 is 2.00 bits per heavy atom. The average molecular weight is 84.1 g/mol. The van der Waals surface area contributed by atoms with Crippen molar-refractivity contribution >= 4 is 12.0 Å². The van der Waals surface area contributed by atoms with Crippen molar-refractivity contribution in [3.63, 3.8) is 0 Å². The van der Waals surface area contributed by atoms with Gasteiger partial charge in [-0.1, -0.05) is 0 Å². The lowest BCUT2D eigenvalue weighted by Crippen LogP contribution is -1.88. The number of hydrogen-bond acceptors (Lipinski definition) is 2. The highest BCUT2D eigenvalue weighted by atomic mass is 16.1. The lowest BCUT2D eigenvalue weighted by molar-refractivity contribution is -0.113. The molecule has 0 aliphatic heterocycles. The van der Waals surface area contributed by atoms with E-state index in [1.807, 2.05) is 0 Å². The maximum Gasteiger partial charge on any atom is 0.310 e. The summed E-state index contributed by atoms with van der Waals surface area (Å²) in [5, 5.41) is 6.33. The third-order valence-electron chi connectivity index (χ3n) is 0.318. The molecule has 2 nitrogen and oxygen atoms in total. The van der Waals surface area contributed by atoms with E-state index in [4.69, 9.17) is 5.41 Å². The van der Waals surface area contributed by atoms with Gasteiger partial charge in [-0.2, -0.15) is 0 Å². The Labute approximate surface area is 36.7 Å². The number of rotatable bonds is 2. The summed E-state index contributed by atoms with van der Waals surface area (Å²) in [5.41, 5.74) is 0. The maximum atomic E-state index is 9.84. The van der Waals surface area contributed by atoms with Gasteiger partial charge in [0.15, 0.2) is 12.6 Å². The first-order valence-corrected chi connectivity index (χ1v) is 1.61. The molecule has 0 fully saturated rings. The quantitative estimate of drug-likeness (QED) is 0.382. The summed E-state index contributed by atoms with van der Waals surface area (Å²) in [7, 11) is 0. The van der Waals surface area contributed by atoms with Crippen LogP contribution in [0.15, 0.2) is 0 Å². The lowest BCUT2D eigenvalue weighted by atomic mass is 10.3. The molecule has 0 saturated carbocycles. The van der Waals surface area contributed by atoms with Crippen molar-refractivity contribution in [3.05, 3.63) is 6.42 Å². The number of carbonyl (C=O) groups excluding carboxylic acids is 1. The predicted octanol–water partition coefficient (Wildman–Crippen LogP) is 0.429. The van der Waals surface area contributed by atoms with E-state index in [2.05, 4.69) is 0 Å². The standard InChI is InChI=1S/C4H6NO/c1-4(6)2-3-5/h2-3,5H,1H3/q+1. The third-order valence-corrected chi connectivity index (χ3v) is 0.318. The third kappa shape index (κ3) is 3.21. The van der Waals surface area contributed by atoms with E-state index in [9.17, 15) is 4.79 Å². The minimum absolute atomic E-state index is 0.0787. The molecule has 0 aromatic carbocycles. The van der Waals surface area contributed by atoms with Gasteiger partial charge >= 0.3 is 5.78 Å². The Kier molecular flexibility index (Phi) is 2.13. The average Bonchev–Trinajstić information content (AvgIpc) is 1.35. The first kappa shape index (κ1) is 5.21. The van der Waals surface area contributed by atoms with Gasteiger partial charge in [-0.15, -0.1) is 0 Å². The Morgan fingerprint density at radius 3 is 2.50 bits per heavy atom. The molecule has 0 aromatic rings. The lowest BCUT2D eigenvalue weighted by Gasteiger charge is -1.60. The zero-order valence-corrected chi connectivity index (χ0v) is 3.56. The van der Waals surface area contributed by atoms with Gasteiger partial charge in [-0.3, -0.25) is 5.41 Å². The molecule has 0 saturated heterocycles. The van der Waals surface area contributed by atoms with Crippen LogP contribution in [-0.4, -0.2) is 12.0 Å². The van der Waals surface area contributed by atoms with Gasteiger partial charge in [-0.05, 0) is 0 Å². The van der Waals surface area contributed by atoms with Crippen molar-refractivity contribution in [2.24, 2.45) is 0 Å². The van der Waals surface area contributed by atoms with Crippen LogP contribution in [0.4, 0.5) is 0 Å². The zero-order chi connectivity index (χ0) is 4.99. The monoisotopic (exact) mass is 84.0 g/mol. The van der Waals surface area contributed by atoms with Gasteiger partial charge in [0.05, 0.1) is 0 Å². The maximum absolute atomic E-state index is 9.84. The van der Waals surface area contributed by atoms with Crippen molar-refractivity contribution in [2.45, 2.75) is 6.92 Å². The fourth-order valence-corrected chi connectivity index (χ4v) is 0.117. The van der Waals surface area contributed by atoms with Gasteiger partial charge < -0.3 is 0 Å². The Hall–Kier alpha value is -0.790. The SMILES string of the molecule is CC(=O)[CH+]C=N. The fraction of sp³-hybridized carbons (Fsp3) is 0.250. The van der Waals surface area contributed by atoms with E-state index >= 15 is 0 Å². The highest BCUT2D eigenvalue weighted by Gasteiger charge is 1.96. The fourth-order valence-electron chi connectivity index (χ4n) is 0.117. The molecule has 0 aliphatic rings. The summed E-state index contributed by atoms with van der Waals surface area (Å²) >= 11 is 0. The second kappa shape index (κ2) is 2.45. The zero-order valence-electron chi connectivity index (χ0n) is 3.56. The molecule has 0 heterocycles. The largest absolute Gasteiger partial charge is 0.310 e. The molecule has 0 unspecified atom stereocenters. The molecule has 0 spiro atoms. The summed E-state index contributed by atoms with van der Waals surface area (Å²) in [5.74, 6) is -0.0787. The van der Waals surface area contributed by atoms with Gasteiger partial charge in [0.1, 0.15) is 0 Å². The van der Waals surface area contributed by atoms with E-state index in [0.29, 0.717) is 0 Å². The van der Waals surface area contributed by atoms with Crippen LogP contribution in [0.25, 0.3) is 0 Å². The van der Waals surface area contributed by atoms with Crippen LogP contribution >= 0.6 is 0 Å². The molecule has 32 valence electrons. The highest BCUT2D eigenvalue weighted by Crippen LogP contribution is 1.67. The van der Waals surface area contributed by atoms with Crippen molar-refractivity contribution in [2.75, 3.05) is 0 Å². The van der Waals surface area contributed by atoms with E-state index in [0.717, 1.165) is 6.21 Å². The number of hydrogen-bond donors (Lipinski definition) is 1. The van der Waals surface area contributed by atoms with Crippen LogP contribution in [0, 0.1) is 11.8 Å². The van der Waals surface area contributed by atoms with Gasteiger partial charge in [0.2, 0.25) is 0 Å². The van der Waals surface area contributed by atoms with E-state index in [1.165, 1.54) is 13.3 Å². The highest BCUT2D eigenvalue weighted by molar-refractivity contribution is 6.00. The Bertz CT molecular complexity index is 67.9. The van der Waals surface area contributed by atoms with Crippen LogP contribution in [0.3, 0.4) is 0 Å². The minimum atomic E-state index is -0.0787. The Balaban J connectivity index is 3.05. The van der Waals surface area contributed by atoms with E-state index in [1.54, 1.807) is 0 Å². The molecular weight excluding hydrogens is 78.0 g/mol. The molecule has 0 radical (unpaired) electrons. The minimum Gasteiger partial charge on any atom is -0.267 e. The normalized spacial score (nSPS) is 6.83. The summed E-state index contributed by atoms with van der Waals surface area (Å²) < 4.78 is 0. The Morgan fingerprint density at radius 2 is 2.50 bits per heavy atom. The second-order valence-electron chi connectivity index (χ2n) is 0.944. The molecule has 2 heteroatoms. The summed E-state index contributed by atoms with van der Waals surface area (Å²) in [4.78, 5) is 9.84. The van der Waals surface area contributed by atoms with Crippen molar-refractivity contribution in [1.29, 1.82) is 5.41 Å².